The molecule has 3 N–H and O–H groups in total. The minimum Gasteiger partial charge on any atom is -0.457 e. The minimum atomic E-state index is -1.16. The summed E-state index contributed by atoms with van der Waals surface area (Å²) >= 11 is 5.86. The van der Waals surface area contributed by atoms with Crippen LogP contribution in [0, 0.1) is 5.82 Å². The van der Waals surface area contributed by atoms with Crippen molar-refractivity contribution < 1.29 is 13.5 Å². The first-order valence-corrected chi connectivity index (χ1v) is 10.4. The lowest BCUT2D eigenvalue weighted by Crippen LogP contribution is -2.45. The predicted octanol–water partition coefficient (Wildman–Crippen LogP) is 3.85. The summed E-state index contributed by atoms with van der Waals surface area (Å²) in [6.45, 7) is 0.886. The van der Waals surface area contributed by atoms with Crippen LogP contribution in [0.4, 0.5) is 8.78 Å². The van der Waals surface area contributed by atoms with Crippen molar-refractivity contribution in [3.63, 3.8) is 0 Å². The highest BCUT2D eigenvalue weighted by atomic mass is 35.5. The molecule has 164 valence electrons. The second-order valence-electron chi connectivity index (χ2n) is 7.56. The number of hydrogen-bond donors (Lipinski definition) is 3. The zero-order chi connectivity index (χ0) is 22.2. The normalized spacial score (nSPS) is 18.7. The number of alkyl halides is 1. The molecule has 0 radical (unpaired) electrons. The molecule has 0 bridgehead atoms. The average molecular weight is 458 g/mol. The lowest BCUT2D eigenvalue weighted by molar-refractivity contribution is 0.0666. The van der Waals surface area contributed by atoms with Crippen LogP contribution < -0.4 is 15.6 Å². The van der Waals surface area contributed by atoms with Gasteiger partial charge in [-0.3, -0.25) is 14.9 Å². The van der Waals surface area contributed by atoms with Crippen LogP contribution in [0.25, 0.3) is 33.4 Å². The standard InChI is InChI=1S/C22H18ClF2N5O2/c23-12-2-3-13(16(25)8-12)11-1-4-17-14(7-11)21(30-29-17)18-9-20(31)28-22(27-18)32-19-10-26-6-5-15(19)24/h1-4,7-9,15,19,26H,5-6,10H2,(H,29,30)(H,27,28,31). The lowest BCUT2D eigenvalue weighted by Gasteiger charge is -2.26. The lowest BCUT2D eigenvalue weighted by atomic mass is 10.0. The minimum absolute atomic E-state index is 0.0834. The molecule has 7 nitrogen and oxygen atoms in total. The molecule has 0 saturated carbocycles. The summed E-state index contributed by atoms with van der Waals surface area (Å²) in [4.78, 5) is 19.1. The maximum Gasteiger partial charge on any atom is 0.297 e. The molecule has 2 aromatic heterocycles. The number of hydrogen-bond acceptors (Lipinski definition) is 5. The molecule has 0 amide bonds. The van der Waals surface area contributed by atoms with Crippen molar-refractivity contribution in [2.24, 2.45) is 0 Å². The molecule has 2 unspecified atom stereocenters. The van der Waals surface area contributed by atoms with Gasteiger partial charge < -0.3 is 10.1 Å². The molecule has 3 heterocycles. The maximum atomic E-state index is 14.4. The van der Waals surface area contributed by atoms with E-state index in [9.17, 15) is 13.6 Å². The van der Waals surface area contributed by atoms with Crippen LogP contribution in [-0.2, 0) is 0 Å². The van der Waals surface area contributed by atoms with Crippen LogP contribution in [0.3, 0.4) is 0 Å². The third kappa shape index (κ3) is 3.96. The van der Waals surface area contributed by atoms with E-state index in [1.54, 1.807) is 30.3 Å². The summed E-state index contributed by atoms with van der Waals surface area (Å²) < 4.78 is 34.2. The van der Waals surface area contributed by atoms with Crippen LogP contribution in [0.2, 0.25) is 5.02 Å². The summed E-state index contributed by atoms with van der Waals surface area (Å²) in [7, 11) is 0. The van der Waals surface area contributed by atoms with Gasteiger partial charge in [0.2, 0.25) is 0 Å². The van der Waals surface area contributed by atoms with Gasteiger partial charge in [-0.05, 0) is 48.9 Å². The van der Waals surface area contributed by atoms with Crippen molar-refractivity contribution >= 4 is 22.5 Å². The highest BCUT2D eigenvalue weighted by Crippen LogP contribution is 2.31. The Morgan fingerprint density at radius 1 is 1.16 bits per heavy atom. The summed E-state index contributed by atoms with van der Waals surface area (Å²) in [5.41, 5.74) is 1.87. The largest absolute Gasteiger partial charge is 0.457 e. The zero-order valence-corrected chi connectivity index (χ0v) is 17.4. The van der Waals surface area contributed by atoms with Gasteiger partial charge in [0.25, 0.3) is 11.6 Å². The first-order chi connectivity index (χ1) is 15.5. The van der Waals surface area contributed by atoms with E-state index in [0.29, 0.717) is 52.3 Å². The summed E-state index contributed by atoms with van der Waals surface area (Å²) in [6, 6.07) is 10.9. The zero-order valence-electron chi connectivity index (χ0n) is 16.7. The van der Waals surface area contributed by atoms with Crippen molar-refractivity contribution in [2.45, 2.75) is 18.7 Å². The summed E-state index contributed by atoms with van der Waals surface area (Å²) in [5, 5.41) is 11.2. The number of ether oxygens (including phenoxy) is 1. The van der Waals surface area contributed by atoms with Gasteiger partial charge in [-0.25, -0.2) is 8.78 Å². The fourth-order valence-corrected chi connectivity index (χ4v) is 3.93. The van der Waals surface area contributed by atoms with Gasteiger partial charge in [0.15, 0.2) is 0 Å². The van der Waals surface area contributed by atoms with E-state index >= 15 is 0 Å². The Morgan fingerprint density at radius 3 is 2.84 bits per heavy atom. The second kappa shape index (κ2) is 8.33. The van der Waals surface area contributed by atoms with Gasteiger partial charge in [0.1, 0.15) is 29.5 Å². The average Bonchev–Trinajstić information content (AvgIpc) is 3.18. The molecule has 2 atom stereocenters. The third-order valence-electron chi connectivity index (χ3n) is 5.38. The fraction of sp³-hybridized carbons (Fsp3) is 0.227. The molecule has 0 spiro atoms. The number of rotatable bonds is 4. The van der Waals surface area contributed by atoms with Gasteiger partial charge in [0, 0.05) is 28.6 Å². The number of H-pyrrole nitrogens is 2. The topological polar surface area (TPSA) is 95.7 Å². The molecule has 2 aromatic carbocycles. The number of nitrogens with zero attached hydrogens (tertiary/aromatic N) is 2. The van der Waals surface area contributed by atoms with Crippen LogP contribution >= 0.6 is 11.6 Å². The molecular formula is C22H18ClF2N5O2. The van der Waals surface area contributed by atoms with E-state index in [2.05, 4.69) is 25.5 Å². The van der Waals surface area contributed by atoms with Gasteiger partial charge in [0.05, 0.1) is 5.52 Å². The van der Waals surface area contributed by atoms with Crippen molar-refractivity contribution in [1.82, 2.24) is 25.5 Å². The molecule has 1 fully saturated rings. The SMILES string of the molecule is O=c1cc(-c2n[nH]c3ccc(-c4ccc(Cl)cc4F)cc23)nc(OC2CNCCC2F)[nH]1. The second-order valence-corrected chi connectivity index (χ2v) is 7.99. The highest BCUT2D eigenvalue weighted by Gasteiger charge is 2.27. The van der Waals surface area contributed by atoms with Crippen LogP contribution in [0.5, 0.6) is 6.01 Å². The van der Waals surface area contributed by atoms with Crippen LogP contribution in [0.1, 0.15) is 6.42 Å². The molecule has 32 heavy (non-hydrogen) atoms. The Morgan fingerprint density at radius 2 is 2.03 bits per heavy atom. The van der Waals surface area contributed by atoms with Crippen LogP contribution in [0.15, 0.2) is 47.3 Å². The van der Waals surface area contributed by atoms with E-state index in [-0.39, 0.29) is 11.7 Å². The number of aromatic amines is 2. The van der Waals surface area contributed by atoms with E-state index in [1.807, 2.05) is 0 Å². The van der Waals surface area contributed by atoms with E-state index in [1.165, 1.54) is 12.1 Å². The van der Waals surface area contributed by atoms with E-state index in [4.69, 9.17) is 16.3 Å². The quantitative estimate of drug-likeness (QED) is 0.432. The first kappa shape index (κ1) is 20.6. The van der Waals surface area contributed by atoms with Gasteiger partial charge in [-0.2, -0.15) is 10.1 Å². The van der Waals surface area contributed by atoms with E-state index in [0.717, 1.165) is 0 Å². The Hall–Kier alpha value is -3.30. The Kier molecular flexibility index (Phi) is 5.36. The van der Waals surface area contributed by atoms with Crippen molar-refractivity contribution in [3.05, 3.63) is 63.7 Å². The Balaban J connectivity index is 1.54. The predicted molar refractivity (Wildman–Crippen MR) is 117 cm³/mol. The number of halogens is 3. The van der Waals surface area contributed by atoms with Crippen molar-refractivity contribution in [1.29, 1.82) is 0 Å². The molecule has 1 aliphatic heterocycles. The molecule has 1 saturated heterocycles. The van der Waals surface area contributed by atoms with Crippen molar-refractivity contribution in [2.75, 3.05) is 13.1 Å². The van der Waals surface area contributed by atoms with Gasteiger partial charge in [-0.15, -0.1) is 0 Å². The first-order valence-electron chi connectivity index (χ1n) is 10.0. The maximum absolute atomic E-state index is 14.4. The van der Waals surface area contributed by atoms with Crippen LogP contribution in [-0.4, -0.2) is 45.5 Å². The number of benzene rings is 2. The molecule has 0 aliphatic carbocycles. The molecule has 10 heteroatoms. The van der Waals surface area contributed by atoms with Gasteiger partial charge in [-0.1, -0.05) is 17.7 Å². The van der Waals surface area contributed by atoms with Gasteiger partial charge >= 0.3 is 0 Å². The molecular weight excluding hydrogens is 440 g/mol. The summed E-state index contributed by atoms with van der Waals surface area (Å²) in [5.74, 6) is -0.450. The number of aromatic nitrogens is 4. The number of fused-ring (bicyclic) bond motifs is 1. The molecule has 1 aliphatic rings. The number of nitrogens with one attached hydrogen (secondary N) is 3. The molecule has 5 rings (SSSR count). The smallest absolute Gasteiger partial charge is 0.297 e. The highest BCUT2D eigenvalue weighted by molar-refractivity contribution is 6.30. The Labute approximate surface area is 185 Å². The Bertz CT molecular complexity index is 1360. The number of piperidine rings is 1. The molecule has 4 aromatic rings. The third-order valence-corrected chi connectivity index (χ3v) is 5.61. The fourth-order valence-electron chi connectivity index (χ4n) is 3.77. The van der Waals surface area contributed by atoms with Crippen molar-refractivity contribution in [3.8, 4) is 28.5 Å². The van der Waals surface area contributed by atoms with E-state index < -0.39 is 23.7 Å². The summed E-state index contributed by atoms with van der Waals surface area (Å²) in [6.07, 6.45) is -1.59. The monoisotopic (exact) mass is 457 g/mol.